The maximum atomic E-state index is 11.7. The van der Waals surface area contributed by atoms with Gasteiger partial charge < -0.3 is 18.8 Å². The summed E-state index contributed by atoms with van der Waals surface area (Å²) in [6.45, 7) is 0.678. The highest BCUT2D eigenvalue weighted by Gasteiger charge is 2.29. The third-order valence-electron chi connectivity index (χ3n) is 4.10. The fraction of sp³-hybridized carbons (Fsp3) is 0.438. The predicted molar refractivity (Wildman–Crippen MR) is 82.4 cm³/mol. The van der Waals surface area contributed by atoms with E-state index in [0.29, 0.717) is 30.9 Å². The molecule has 2 aromatic rings. The Morgan fingerprint density at radius 3 is 2.43 bits per heavy atom. The van der Waals surface area contributed by atoms with Gasteiger partial charge in [0, 0.05) is 24.6 Å². The van der Waals surface area contributed by atoms with Crippen molar-refractivity contribution in [2.75, 3.05) is 21.3 Å². The number of rotatable bonds is 4. The molecule has 23 heavy (non-hydrogen) atoms. The van der Waals surface area contributed by atoms with Gasteiger partial charge in [-0.2, -0.15) is 0 Å². The van der Waals surface area contributed by atoms with Crippen molar-refractivity contribution in [3.05, 3.63) is 24.0 Å². The minimum atomic E-state index is -0.191. The summed E-state index contributed by atoms with van der Waals surface area (Å²) in [6, 6.07) is 5.60. The lowest BCUT2D eigenvalue weighted by Gasteiger charge is -2.21. The van der Waals surface area contributed by atoms with Crippen LogP contribution in [0.5, 0.6) is 11.5 Å². The second-order valence-corrected chi connectivity index (χ2v) is 5.41. The van der Waals surface area contributed by atoms with E-state index >= 15 is 0 Å². The summed E-state index contributed by atoms with van der Waals surface area (Å²) in [5.41, 5.74) is 0.872. The molecule has 3 rings (SSSR count). The van der Waals surface area contributed by atoms with Crippen LogP contribution in [0.25, 0.3) is 11.4 Å². The van der Waals surface area contributed by atoms with Crippen LogP contribution in [0.2, 0.25) is 0 Å². The van der Waals surface area contributed by atoms with Crippen LogP contribution in [-0.2, 0) is 22.5 Å². The molecule has 0 bridgehead atoms. The number of nitrogens with zero attached hydrogens (tertiary/aromatic N) is 3. The molecule has 7 heteroatoms. The van der Waals surface area contributed by atoms with Gasteiger partial charge in [0.25, 0.3) is 0 Å². The zero-order chi connectivity index (χ0) is 16.4. The van der Waals surface area contributed by atoms with E-state index in [1.54, 1.807) is 14.2 Å². The number of carbonyl (C=O) groups excluding carboxylic acids is 1. The third kappa shape index (κ3) is 2.86. The highest BCUT2D eigenvalue weighted by Crippen LogP contribution is 2.31. The van der Waals surface area contributed by atoms with Gasteiger partial charge in [0.1, 0.15) is 17.3 Å². The number of hydrogen-bond donors (Lipinski definition) is 0. The van der Waals surface area contributed by atoms with Gasteiger partial charge in [0.15, 0.2) is 5.82 Å². The molecule has 0 fully saturated rings. The fourth-order valence-electron chi connectivity index (χ4n) is 2.85. The number of benzene rings is 1. The maximum Gasteiger partial charge on any atom is 0.309 e. The Balaban J connectivity index is 1.95. The summed E-state index contributed by atoms with van der Waals surface area (Å²) >= 11 is 0. The van der Waals surface area contributed by atoms with Crippen molar-refractivity contribution < 1.29 is 19.0 Å². The first kappa shape index (κ1) is 15.3. The van der Waals surface area contributed by atoms with E-state index in [-0.39, 0.29) is 11.9 Å². The Hall–Kier alpha value is -2.57. The quantitative estimate of drug-likeness (QED) is 0.799. The Labute approximate surface area is 134 Å². The molecule has 2 heterocycles. The molecule has 1 aliphatic heterocycles. The highest BCUT2D eigenvalue weighted by atomic mass is 16.5. The van der Waals surface area contributed by atoms with Gasteiger partial charge in [-0.3, -0.25) is 4.79 Å². The molecule has 122 valence electrons. The molecule has 0 saturated carbocycles. The van der Waals surface area contributed by atoms with Crippen molar-refractivity contribution >= 4 is 5.97 Å². The van der Waals surface area contributed by atoms with Crippen LogP contribution in [0.4, 0.5) is 0 Å². The molecule has 0 radical (unpaired) electrons. The molecule has 1 unspecified atom stereocenters. The fourth-order valence-corrected chi connectivity index (χ4v) is 2.85. The lowest BCUT2D eigenvalue weighted by molar-refractivity contribution is -0.146. The van der Waals surface area contributed by atoms with Gasteiger partial charge in [0.2, 0.25) is 0 Å². The van der Waals surface area contributed by atoms with Gasteiger partial charge in [-0.25, -0.2) is 0 Å². The van der Waals surface area contributed by atoms with Crippen LogP contribution in [0.3, 0.4) is 0 Å². The maximum absolute atomic E-state index is 11.7. The number of hydrogen-bond acceptors (Lipinski definition) is 6. The molecule has 0 N–H and O–H groups in total. The predicted octanol–water partition coefficient (Wildman–Crippen LogP) is 1.70. The zero-order valence-electron chi connectivity index (χ0n) is 13.4. The molecular formula is C16H19N3O4. The number of methoxy groups -OCH3 is 3. The Kier molecular flexibility index (Phi) is 4.18. The van der Waals surface area contributed by atoms with Gasteiger partial charge in [0.05, 0.1) is 27.2 Å². The molecule has 0 spiro atoms. The van der Waals surface area contributed by atoms with Crippen LogP contribution in [0, 0.1) is 5.92 Å². The summed E-state index contributed by atoms with van der Waals surface area (Å²) in [5.74, 6) is 2.59. The lowest BCUT2D eigenvalue weighted by atomic mass is 9.98. The number of carbonyl (C=O) groups is 1. The molecule has 1 aromatic heterocycles. The molecular weight excluding hydrogens is 298 g/mol. The minimum absolute atomic E-state index is 0.149. The second-order valence-electron chi connectivity index (χ2n) is 5.41. The summed E-state index contributed by atoms with van der Waals surface area (Å²) in [4.78, 5) is 11.7. The van der Waals surface area contributed by atoms with Crippen molar-refractivity contribution in [3.63, 3.8) is 0 Å². The molecule has 1 aliphatic rings. The number of aromatic nitrogens is 3. The van der Waals surface area contributed by atoms with E-state index < -0.39 is 0 Å². The first-order chi connectivity index (χ1) is 11.2. The molecule has 0 amide bonds. The molecule has 0 aliphatic carbocycles. The summed E-state index contributed by atoms with van der Waals surface area (Å²) < 4.78 is 17.5. The number of ether oxygens (including phenoxy) is 3. The second kappa shape index (κ2) is 6.28. The highest BCUT2D eigenvalue weighted by molar-refractivity contribution is 5.72. The number of esters is 1. The topological polar surface area (TPSA) is 75.5 Å². The van der Waals surface area contributed by atoms with Crippen LogP contribution in [-0.4, -0.2) is 42.1 Å². The molecule has 0 saturated heterocycles. The van der Waals surface area contributed by atoms with Crippen LogP contribution >= 0.6 is 0 Å². The first-order valence-electron chi connectivity index (χ1n) is 7.39. The van der Waals surface area contributed by atoms with Crippen LogP contribution in [0.1, 0.15) is 12.2 Å². The minimum Gasteiger partial charge on any atom is -0.497 e. The smallest absolute Gasteiger partial charge is 0.309 e. The Morgan fingerprint density at radius 2 is 1.83 bits per heavy atom. The summed E-state index contributed by atoms with van der Waals surface area (Å²) in [5, 5.41) is 8.52. The lowest BCUT2D eigenvalue weighted by Crippen LogP contribution is -2.27. The van der Waals surface area contributed by atoms with E-state index in [4.69, 9.17) is 14.2 Å². The van der Waals surface area contributed by atoms with Gasteiger partial charge in [-0.05, 0) is 18.6 Å². The van der Waals surface area contributed by atoms with E-state index in [0.717, 1.165) is 17.2 Å². The van der Waals surface area contributed by atoms with Crippen molar-refractivity contribution in [3.8, 4) is 22.9 Å². The molecule has 7 nitrogen and oxygen atoms in total. The monoisotopic (exact) mass is 317 g/mol. The molecule has 1 aromatic carbocycles. The van der Waals surface area contributed by atoms with Crippen molar-refractivity contribution in [2.24, 2.45) is 5.92 Å². The summed E-state index contributed by atoms with van der Waals surface area (Å²) in [6.07, 6.45) is 1.26. The third-order valence-corrected chi connectivity index (χ3v) is 4.10. The zero-order valence-corrected chi connectivity index (χ0v) is 13.4. The Bertz CT molecular complexity index is 704. The van der Waals surface area contributed by atoms with Crippen LogP contribution < -0.4 is 9.47 Å². The SMILES string of the molecule is COC(=O)C1CCn2c(nnc2-c2cc(OC)cc(OC)c2)C1. The van der Waals surface area contributed by atoms with Crippen molar-refractivity contribution in [2.45, 2.75) is 19.4 Å². The van der Waals surface area contributed by atoms with E-state index in [1.165, 1.54) is 7.11 Å². The van der Waals surface area contributed by atoms with Gasteiger partial charge in [-0.15, -0.1) is 10.2 Å². The standard InChI is InChI=1S/C16H19N3O4/c1-21-12-6-11(7-13(9-12)22-2)15-18-17-14-8-10(16(20)23-3)4-5-19(14)15/h6-7,9-10H,4-5,8H2,1-3H3. The van der Waals surface area contributed by atoms with Crippen molar-refractivity contribution in [1.29, 1.82) is 0 Å². The summed E-state index contributed by atoms with van der Waals surface area (Å²) in [7, 11) is 4.63. The average molecular weight is 317 g/mol. The molecule has 1 atom stereocenters. The van der Waals surface area contributed by atoms with Crippen LogP contribution in [0.15, 0.2) is 18.2 Å². The first-order valence-corrected chi connectivity index (χ1v) is 7.39. The van der Waals surface area contributed by atoms with E-state index in [9.17, 15) is 4.79 Å². The van der Waals surface area contributed by atoms with Gasteiger partial charge in [-0.1, -0.05) is 0 Å². The average Bonchev–Trinajstić information content (AvgIpc) is 3.03. The van der Waals surface area contributed by atoms with E-state index in [2.05, 4.69) is 10.2 Å². The van der Waals surface area contributed by atoms with E-state index in [1.807, 2.05) is 22.8 Å². The largest absolute Gasteiger partial charge is 0.497 e. The number of fused-ring (bicyclic) bond motifs is 1. The van der Waals surface area contributed by atoms with Gasteiger partial charge >= 0.3 is 5.97 Å². The van der Waals surface area contributed by atoms with Crippen molar-refractivity contribution in [1.82, 2.24) is 14.8 Å². The Morgan fingerprint density at radius 1 is 1.13 bits per heavy atom. The normalized spacial score (nSPS) is 16.6.